The van der Waals surface area contributed by atoms with Gasteiger partial charge in [-0.2, -0.15) is 0 Å². The molecule has 0 heterocycles. The van der Waals surface area contributed by atoms with Crippen LogP contribution in [0.25, 0.3) is 11.1 Å². The largest absolute Gasteiger partial charge is 0.203 e. The fraction of sp³-hybridized carbons (Fsp3) is 0.571. The third-order valence-corrected chi connectivity index (χ3v) is 6.95. The topological polar surface area (TPSA) is 0 Å². The van der Waals surface area contributed by atoms with Gasteiger partial charge < -0.3 is 0 Å². The Balaban J connectivity index is 1.64. The highest BCUT2D eigenvalue weighted by Gasteiger charge is 2.26. The van der Waals surface area contributed by atoms with Crippen molar-refractivity contribution in [2.75, 3.05) is 0 Å². The molecule has 1 aliphatic carbocycles. The highest BCUT2D eigenvalue weighted by molar-refractivity contribution is 5.65. The molecule has 2 aromatic carbocycles. The van der Waals surface area contributed by atoms with Gasteiger partial charge in [-0.1, -0.05) is 88.8 Å². The Morgan fingerprint density at radius 1 is 0.733 bits per heavy atom. The molecule has 0 radical (unpaired) electrons. The lowest BCUT2D eigenvalue weighted by molar-refractivity contribution is 0.298. The average molecular weight is 413 g/mol. The van der Waals surface area contributed by atoms with Gasteiger partial charge in [0.1, 0.15) is 0 Å². The molecule has 0 saturated heterocycles. The van der Waals surface area contributed by atoms with Gasteiger partial charge in [-0.25, -0.2) is 8.78 Å². The lowest BCUT2D eigenvalue weighted by Gasteiger charge is -2.29. The lowest BCUT2D eigenvalue weighted by atomic mass is 9.76. The monoisotopic (exact) mass is 412 g/mol. The first kappa shape index (κ1) is 23.0. The Labute approximate surface area is 182 Å². The molecule has 2 aromatic rings. The van der Waals surface area contributed by atoms with E-state index in [1.807, 2.05) is 18.2 Å². The van der Waals surface area contributed by atoms with Gasteiger partial charge in [-0.15, -0.1) is 0 Å². The van der Waals surface area contributed by atoms with E-state index in [2.05, 4.69) is 26.0 Å². The summed E-state index contributed by atoms with van der Waals surface area (Å²) >= 11 is 0. The van der Waals surface area contributed by atoms with Gasteiger partial charge >= 0.3 is 0 Å². The van der Waals surface area contributed by atoms with Crippen molar-refractivity contribution in [2.45, 2.75) is 96.8 Å². The molecule has 0 aliphatic heterocycles. The number of halogens is 2. The molecule has 164 valence electrons. The third-order valence-electron chi connectivity index (χ3n) is 6.95. The van der Waals surface area contributed by atoms with Crippen LogP contribution in [0, 0.1) is 17.6 Å². The minimum absolute atomic E-state index is 0.164. The van der Waals surface area contributed by atoms with Crippen LogP contribution in [-0.2, 0) is 6.42 Å². The molecule has 1 aliphatic rings. The number of rotatable bonds is 10. The molecule has 1 saturated carbocycles. The van der Waals surface area contributed by atoms with E-state index in [4.69, 9.17) is 0 Å². The highest BCUT2D eigenvalue weighted by Crippen LogP contribution is 2.40. The van der Waals surface area contributed by atoms with Crippen LogP contribution in [0.4, 0.5) is 8.78 Å². The van der Waals surface area contributed by atoms with Crippen molar-refractivity contribution in [2.24, 2.45) is 5.92 Å². The molecule has 0 spiro atoms. The Kier molecular flexibility index (Phi) is 8.90. The van der Waals surface area contributed by atoms with Crippen molar-refractivity contribution >= 4 is 0 Å². The standard InChI is InChI=1S/C28H38F2/c1-3-5-7-9-21-11-15-23(16-12-21)25-19-20-26(28(30)27(25)29)24-17-13-22(14-18-24)10-8-6-4-2/h11-12,15-16,19-20,22,24H,3-10,13-14,17-18H2,1-2H3. The zero-order valence-corrected chi connectivity index (χ0v) is 18.9. The number of hydrogen-bond donors (Lipinski definition) is 0. The SMILES string of the molecule is CCCCCc1ccc(-c2ccc(C3CCC(CCCCC)CC3)c(F)c2F)cc1. The Morgan fingerprint density at radius 2 is 1.40 bits per heavy atom. The summed E-state index contributed by atoms with van der Waals surface area (Å²) in [6, 6.07) is 11.6. The third kappa shape index (κ3) is 5.93. The van der Waals surface area contributed by atoms with Crippen LogP contribution >= 0.6 is 0 Å². The molecule has 0 aromatic heterocycles. The van der Waals surface area contributed by atoms with Gasteiger partial charge in [-0.05, 0) is 67.1 Å². The molecule has 30 heavy (non-hydrogen) atoms. The summed E-state index contributed by atoms with van der Waals surface area (Å²) in [5.74, 6) is -0.377. The van der Waals surface area contributed by atoms with E-state index in [0.29, 0.717) is 11.1 Å². The summed E-state index contributed by atoms with van der Waals surface area (Å²) in [6.45, 7) is 4.43. The first-order chi connectivity index (χ1) is 14.6. The zero-order chi connectivity index (χ0) is 21.3. The van der Waals surface area contributed by atoms with Gasteiger partial charge in [0.05, 0.1) is 0 Å². The minimum atomic E-state index is -0.684. The lowest BCUT2D eigenvalue weighted by Crippen LogP contribution is -2.15. The quantitative estimate of drug-likeness (QED) is 0.341. The van der Waals surface area contributed by atoms with Gasteiger partial charge in [-0.3, -0.25) is 0 Å². The molecule has 1 fully saturated rings. The van der Waals surface area contributed by atoms with Crippen LogP contribution < -0.4 is 0 Å². The maximum Gasteiger partial charge on any atom is 0.166 e. The summed E-state index contributed by atoms with van der Waals surface area (Å²) < 4.78 is 29.9. The highest BCUT2D eigenvalue weighted by atomic mass is 19.2. The Hall–Kier alpha value is -1.70. The number of hydrogen-bond acceptors (Lipinski definition) is 0. The fourth-order valence-electron chi connectivity index (χ4n) is 4.98. The van der Waals surface area contributed by atoms with Gasteiger partial charge in [0, 0.05) is 5.56 Å². The molecule has 2 heteroatoms. The number of aryl methyl sites for hydroxylation is 1. The van der Waals surface area contributed by atoms with Gasteiger partial charge in [0.2, 0.25) is 0 Å². The zero-order valence-electron chi connectivity index (χ0n) is 18.9. The predicted molar refractivity (Wildman–Crippen MR) is 124 cm³/mol. The molecule has 0 nitrogen and oxygen atoms in total. The van der Waals surface area contributed by atoms with Crippen molar-refractivity contribution in [3.63, 3.8) is 0 Å². The summed E-state index contributed by atoms with van der Waals surface area (Å²) in [7, 11) is 0. The number of benzene rings is 2. The second-order valence-corrected chi connectivity index (χ2v) is 9.20. The van der Waals surface area contributed by atoms with Crippen LogP contribution in [0.2, 0.25) is 0 Å². The molecule has 3 rings (SSSR count). The van der Waals surface area contributed by atoms with E-state index in [9.17, 15) is 8.78 Å². The van der Waals surface area contributed by atoms with Crippen LogP contribution in [0.15, 0.2) is 36.4 Å². The van der Waals surface area contributed by atoms with Crippen molar-refractivity contribution in [1.29, 1.82) is 0 Å². The van der Waals surface area contributed by atoms with Gasteiger partial charge in [0.25, 0.3) is 0 Å². The molecular formula is C28H38F2. The second-order valence-electron chi connectivity index (χ2n) is 9.20. The van der Waals surface area contributed by atoms with E-state index in [1.165, 1.54) is 50.5 Å². The predicted octanol–water partition coefficient (Wildman–Crippen LogP) is 9.22. The van der Waals surface area contributed by atoms with Crippen molar-refractivity contribution in [1.82, 2.24) is 0 Å². The first-order valence-electron chi connectivity index (χ1n) is 12.2. The Bertz CT molecular complexity index is 770. The molecular weight excluding hydrogens is 374 g/mol. The van der Waals surface area contributed by atoms with E-state index < -0.39 is 11.6 Å². The van der Waals surface area contributed by atoms with Crippen LogP contribution in [0.5, 0.6) is 0 Å². The van der Waals surface area contributed by atoms with Gasteiger partial charge in [0.15, 0.2) is 11.6 Å². The number of unbranched alkanes of at least 4 members (excludes halogenated alkanes) is 4. The van der Waals surface area contributed by atoms with E-state index in [0.717, 1.165) is 43.6 Å². The minimum Gasteiger partial charge on any atom is -0.203 e. The first-order valence-corrected chi connectivity index (χ1v) is 12.2. The van der Waals surface area contributed by atoms with E-state index >= 15 is 0 Å². The molecule has 0 bridgehead atoms. The molecule has 0 N–H and O–H groups in total. The van der Waals surface area contributed by atoms with Crippen molar-refractivity contribution < 1.29 is 8.78 Å². The summed E-state index contributed by atoms with van der Waals surface area (Å²) in [6.07, 6.45) is 14.1. The van der Waals surface area contributed by atoms with Crippen molar-refractivity contribution in [3.8, 4) is 11.1 Å². The summed E-state index contributed by atoms with van der Waals surface area (Å²) in [5, 5.41) is 0. The maximum atomic E-state index is 15.0. The molecule has 0 atom stereocenters. The van der Waals surface area contributed by atoms with Crippen LogP contribution in [0.3, 0.4) is 0 Å². The summed E-state index contributed by atoms with van der Waals surface area (Å²) in [5.41, 5.74) is 2.99. The van der Waals surface area contributed by atoms with Crippen molar-refractivity contribution in [3.05, 3.63) is 59.2 Å². The Morgan fingerprint density at radius 3 is 2.07 bits per heavy atom. The smallest absolute Gasteiger partial charge is 0.166 e. The fourth-order valence-corrected chi connectivity index (χ4v) is 4.98. The molecule has 0 unspecified atom stereocenters. The van der Waals surface area contributed by atoms with E-state index in [-0.39, 0.29) is 5.92 Å². The average Bonchev–Trinajstić information content (AvgIpc) is 2.77. The van der Waals surface area contributed by atoms with Crippen LogP contribution in [0.1, 0.15) is 102 Å². The molecule has 0 amide bonds. The van der Waals surface area contributed by atoms with E-state index in [1.54, 1.807) is 6.07 Å². The normalized spacial score (nSPS) is 19.2. The van der Waals surface area contributed by atoms with Crippen LogP contribution in [-0.4, -0.2) is 0 Å². The summed E-state index contributed by atoms with van der Waals surface area (Å²) in [4.78, 5) is 0. The second kappa shape index (κ2) is 11.6. The maximum absolute atomic E-state index is 15.0.